The first-order valence-corrected chi connectivity index (χ1v) is 7.51. The molecule has 9 heteroatoms. The second kappa shape index (κ2) is 6.19. The molecule has 20 heavy (non-hydrogen) atoms. The lowest BCUT2D eigenvalue weighted by Gasteiger charge is -2.23. The highest BCUT2D eigenvalue weighted by Crippen LogP contribution is 2.28. The van der Waals surface area contributed by atoms with Gasteiger partial charge < -0.3 is 5.73 Å². The van der Waals surface area contributed by atoms with E-state index in [1.165, 1.54) is 12.1 Å². The van der Waals surface area contributed by atoms with Gasteiger partial charge in [0.15, 0.2) is 0 Å². The lowest BCUT2D eigenvalue weighted by atomic mass is 10.3. The molecule has 114 valence electrons. The number of rotatable bonds is 5. The number of benzene rings is 1. The molecule has 0 aliphatic heterocycles. The molecule has 1 rings (SSSR count). The molecule has 2 N–H and O–H groups in total. The number of halogens is 4. The molecule has 0 radical (unpaired) electrons. The zero-order chi connectivity index (χ0) is 15.6. The zero-order valence-electron chi connectivity index (χ0n) is 10.6. The highest BCUT2D eigenvalue weighted by Gasteiger charge is 2.37. The average molecular weight is 331 g/mol. The van der Waals surface area contributed by atoms with E-state index in [1.807, 2.05) is 0 Å². The van der Waals surface area contributed by atoms with Crippen molar-refractivity contribution >= 4 is 27.3 Å². The average Bonchev–Trinajstić information content (AvgIpc) is 2.30. The van der Waals surface area contributed by atoms with Gasteiger partial charge in [-0.25, -0.2) is 8.42 Å². The number of anilines is 1. The van der Waals surface area contributed by atoms with Crippen molar-refractivity contribution in [1.82, 2.24) is 4.31 Å². The lowest BCUT2D eigenvalue weighted by Crippen LogP contribution is -2.39. The zero-order valence-corrected chi connectivity index (χ0v) is 12.2. The maximum atomic E-state index is 12.5. The van der Waals surface area contributed by atoms with Gasteiger partial charge in [0.25, 0.3) is 0 Å². The van der Waals surface area contributed by atoms with Gasteiger partial charge in [0.2, 0.25) is 10.0 Å². The van der Waals surface area contributed by atoms with Crippen molar-refractivity contribution in [2.45, 2.75) is 24.4 Å². The molecular formula is C11H14ClF3N2O2S. The van der Waals surface area contributed by atoms with Crippen LogP contribution in [-0.4, -0.2) is 32.0 Å². The summed E-state index contributed by atoms with van der Waals surface area (Å²) < 4.78 is 62.4. The van der Waals surface area contributed by atoms with Crippen molar-refractivity contribution in [2.24, 2.45) is 0 Å². The predicted octanol–water partition coefficient (Wildman–Crippen LogP) is 2.89. The number of hydrogen-bond acceptors (Lipinski definition) is 3. The molecule has 0 aliphatic rings. The van der Waals surface area contributed by atoms with Crippen LogP contribution in [0.3, 0.4) is 0 Å². The van der Waals surface area contributed by atoms with Crippen molar-refractivity contribution in [3.63, 3.8) is 0 Å². The smallest absolute Gasteiger partial charge is 0.398 e. The van der Waals surface area contributed by atoms with Gasteiger partial charge in [0, 0.05) is 11.6 Å². The van der Waals surface area contributed by atoms with Crippen LogP contribution in [0.5, 0.6) is 0 Å². The van der Waals surface area contributed by atoms with E-state index in [4.69, 9.17) is 17.3 Å². The van der Waals surface area contributed by atoms with Crippen LogP contribution in [0.2, 0.25) is 5.02 Å². The Kier molecular flexibility index (Phi) is 5.28. The minimum absolute atomic E-state index is 0.0845. The van der Waals surface area contributed by atoms with Gasteiger partial charge in [-0.15, -0.1) is 0 Å². The number of sulfonamides is 1. The minimum Gasteiger partial charge on any atom is -0.398 e. The van der Waals surface area contributed by atoms with Crippen LogP contribution in [0, 0.1) is 0 Å². The van der Waals surface area contributed by atoms with Crippen LogP contribution in [0.4, 0.5) is 18.9 Å². The molecule has 0 amide bonds. The van der Waals surface area contributed by atoms with E-state index in [0.717, 1.165) is 6.07 Å². The van der Waals surface area contributed by atoms with E-state index in [2.05, 4.69) is 0 Å². The van der Waals surface area contributed by atoms with E-state index < -0.39 is 27.6 Å². The third-order valence-electron chi connectivity index (χ3n) is 2.42. The Labute approximate surface area is 120 Å². The molecule has 0 saturated carbocycles. The SMILES string of the molecule is CCCN(CC(F)(F)F)S(=O)(=O)c1cc(Cl)ccc1N. The number of hydrogen-bond donors (Lipinski definition) is 1. The van der Waals surface area contributed by atoms with Crippen LogP contribution in [0.15, 0.2) is 23.1 Å². The second-order valence-corrected chi connectivity index (χ2v) is 6.48. The van der Waals surface area contributed by atoms with Crippen LogP contribution < -0.4 is 5.73 Å². The number of nitrogens with two attached hydrogens (primary N) is 1. The highest BCUT2D eigenvalue weighted by atomic mass is 35.5. The number of nitrogen functional groups attached to an aromatic ring is 1. The summed E-state index contributed by atoms with van der Waals surface area (Å²) in [5.74, 6) is 0. The van der Waals surface area contributed by atoms with Gasteiger partial charge in [-0.05, 0) is 24.6 Å². The first kappa shape index (κ1) is 17.1. The summed E-state index contributed by atoms with van der Waals surface area (Å²) in [7, 11) is -4.35. The standard InChI is InChI=1S/C11H14ClF3N2O2S/c1-2-5-17(7-11(13,14)15)20(18,19)10-6-8(12)3-4-9(10)16/h3-4,6H,2,5,7,16H2,1H3. The highest BCUT2D eigenvalue weighted by molar-refractivity contribution is 7.89. The molecule has 4 nitrogen and oxygen atoms in total. The van der Waals surface area contributed by atoms with Gasteiger partial charge in [-0.1, -0.05) is 18.5 Å². The van der Waals surface area contributed by atoms with E-state index in [1.54, 1.807) is 6.92 Å². The summed E-state index contributed by atoms with van der Waals surface area (Å²) in [5, 5.41) is 0.0845. The molecule has 1 aromatic rings. The van der Waals surface area contributed by atoms with Gasteiger partial charge in [0.05, 0.1) is 5.69 Å². The molecule has 0 saturated heterocycles. The Morgan fingerprint density at radius 1 is 1.35 bits per heavy atom. The first-order valence-electron chi connectivity index (χ1n) is 5.70. The Hall–Kier alpha value is -0.990. The van der Waals surface area contributed by atoms with Crippen molar-refractivity contribution < 1.29 is 21.6 Å². The van der Waals surface area contributed by atoms with Crippen molar-refractivity contribution in [3.8, 4) is 0 Å². The molecule has 0 aliphatic carbocycles. The quantitative estimate of drug-likeness (QED) is 0.844. The molecule has 0 fully saturated rings. The van der Waals surface area contributed by atoms with Crippen LogP contribution in [0.25, 0.3) is 0 Å². The number of nitrogens with zero attached hydrogens (tertiary/aromatic N) is 1. The lowest BCUT2D eigenvalue weighted by molar-refractivity contribution is -0.136. The Morgan fingerprint density at radius 2 is 1.95 bits per heavy atom. The summed E-state index contributed by atoms with van der Waals surface area (Å²) in [5.41, 5.74) is 5.39. The summed E-state index contributed by atoms with van der Waals surface area (Å²) in [6.07, 6.45) is -4.38. The van der Waals surface area contributed by atoms with Gasteiger partial charge in [0.1, 0.15) is 11.4 Å². The third-order valence-corrected chi connectivity index (χ3v) is 4.56. The van der Waals surface area contributed by atoms with Gasteiger partial charge in [-0.2, -0.15) is 17.5 Å². The summed E-state index contributed by atoms with van der Waals surface area (Å²) >= 11 is 5.68. The largest absolute Gasteiger partial charge is 0.402 e. The maximum Gasteiger partial charge on any atom is 0.402 e. The first-order chi connectivity index (χ1) is 9.08. The molecule has 1 aromatic carbocycles. The minimum atomic E-state index is -4.63. The van der Waals surface area contributed by atoms with Crippen molar-refractivity contribution in [1.29, 1.82) is 0 Å². The monoisotopic (exact) mass is 330 g/mol. The topological polar surface area (TPSA) is 63.4 Å². The van der Waals surface area contributed by atoms with Crippen molar-refractivity contribution in [3.05, 3.63) is 23.2 Å². The molecule has 0 heterocycles. The van der Waals surface area contributed by atoms with E-state index in [-0.39, 0.29) is 23.7 Å². The summed E-state index contributed by atoms with van der Waals surface area (Å²) in [4.78, 5) is -0.414. The molecule has 0 unspecified atom stereocenters. The Morgan fingerprint density at radius 3 is 2.45 bits per heavy atom. The van der Waals surface area contributed by atoms with Crippen molar-refractivity contribution in [2.75, 3.05) is 18.8 Å². The second-order valence-electron chi connectivity index (χ2n) is 4.14. The van der Waals surface area contributed by atoms with Gasteiger partial charge in [-0.3, -0.25) is 0 Å². The van der Waals surface area contributed by atoms with E-state index >= 15 is 0 Å². The fourth-order valence-electron chi connectivity index (χ4n) is 1.60. The molecular weight excluding hydrogens is 317 g/mol. The third kappa shape index (κ3) is 4.26. The Bertz CT molecular complexity index is 576. The summed E-state index contributed by atoms with van der Waals surface area (Å²) in [6, 6.07) is 3.65. The fraction of sp³-hybridized carbons (Fsp3) is 0.455. The molecule has 0 atom stereocenters. The molecule has 0 aromatic heterocycles. The van der Waals surface area contributed by atoms with E-state index in [0.29, 0.717) is 4.31 Å². The predicted molar refractivity (Wildman–Crippen MR) is 71.0 cm³/mol. The summed E-state index contributed by atoms with van der Waals surface area (Å²) in [6.45, 7) is -0.233. The van der Waals surface area contributed by atoms with Gasteiger partial charge >= 0.3 is 6.18 Å². The van der Waals surface area contributed by atoms with Crippen LogP contribution in [0.1, 0.15) is 13.3 Å². The van der Waals surface area contributed by atoms with Crippen LogP contribution in [-0.2, 0) is 10.0 Å². The maximum absolute atomic E-state index is 12.5. The van der Waals surface area contributed by atoms with Crippen LogP contribution >= 0.6 is 11.6 Å². The number of alkyl halides is 3. The normalized spacial score (nSPS) is 12.9. The van der Waals surface area contributed by atoms with E-state index in [9.17, 15) is 21.6 Å². The molecule has 0 bridgehead atoms. The Balaban J connectivity index is 3.26. The molecule has 0 spiro atoms. The fourth-order valence-corrected chi connectivity index (χ4v) is 3.50.